The molecule has 6 nitrogen and oxygen atoms in total. The Labute approximate surface area is 181 Å². The zero-order valence-corrected chi connectivity index (χ0v) is 18.5. The van der Waals surface area contributed by atoms with Crippen molar-refractivity contribution in [1.29, 1.82) is 0 Å². The molecule has 0 radical (unpaired) electrons. The molecule has 1 heterocycles. The van der Waals surface area contributed by atoms with Crippen LogP contribution in [0.4, 0.5) is 0 Å². The maximum atomic E-state index is 12.4. The summed E-state index contributed by atoms with van der Waals surface area (Å²) in [6.07, 6.45) is 0. The standard InChI is InChI=1S/C16H7I3O6/c17-7-3-9(18)14(10(19)4-7)25-16(23)8-1-6-2-11(20)12(21)5-13(6)24-15(8)22/h1-5,20-21H. The summed E-state index contributed by atoms with van der Waals surface area (Å²) in [4.78, 5) is 24.5. The number of ether oxygens (including phenoxy) is 1. The van der Waals surface area contributed by atoms with E-state index in [0.717, 1.165) is 16.8 Å². The number of fused-ring (bicyclic) bond motifs is 1. The Balaban J connectivity index is 2.04. The van der Waals surface area contributed by atoms with Gasteiger partial charge in [-0.1, -0.05) is 0 Å². The Morgan fingerprint density at radius 3 is 2.20 bits per heavy atom. The van der Waals surface area contributed by atoms with E-state index in [1.54, 1.807) is 0 Å². The molecule has 0 spiro atoms. The molecule has 0 saturated carbocycles. The minimum absolute atomic E-state index is 0.0512. The second-order valence-corrected chi connectivity index (χ2v) is 8.48. The van der Waals surface area contributed by atoms with E-state index in [4.69, 9.17) is 9.15 Å². The van der Waals surface area contributed by atoms with Crippen LogP contribution in [0.15, 0.2) is 39.5 Å². The molecule has 0 atom stereocenters. The third-order valence-corrected chi connectivity index (χ3v) is 5.43. The lowest BCUT2D eigenvalue weighted by atomic mass is 10.1. The van der Waals surface area contributed by atoms with Gasteiger partial charge in [-0.3, -0.25) is 0 Å². The lowest BCUT2D eigenvalue weighted by Crippen LogP contribution is -2.19. The molecule has 0 amide bonds. The number of hydrogen-bond acceptors (Lipinski definition) is 6. The quantitative estimate of drug-likeness (QED) is 0.139. The fourth-order valence-electron chi connectivity index (χ4n) is 2.06. The lowest BCUT2D eigenvalue weighted by Gasteiger charge is -2.09. The van der Waals surface area contributed by atoms with Gasteiger partial charge in [-0.05, 0) is 92.0 Å². The summed E-state index contributed by atoms with van der Waals surface area (Å²) < 4.78 is 12.9. The molecule has 0 saturated heterocycles. The smallest absolute Gasteiger partial charge is 0.351 e. The number of hydrogen-bond donors (Lipinski definition) is 2. The molecular weight excluding hydrogens is 669 g/mol. The van der Waals surface area contributed by atoms with Gasteiger partial charge in [0.15, 0.2) is 17.2 Å². The van der Waals surface area contributed by atoms with Crippen molar-refractivity contribution in [2.24, 2.45) is 0 Å². The van der Waals surface area contributed by atoms with Crippen LogP contribution in [-0.4, -0.2) is 16.2 Å². The van der Waals surface area contributed by atoms with Crippen molar-refractivity contribution in [3.05, 3.63) is 57.0 Å². The minimum Gasteiger partial charge on any atom is -0.504 e. The van der Waals surface area contributed by atoms with E-state index < -0.39 is 17.3 Å². The Hall–Kier alpha value is -1.09. The first-order valence-electron chi connectivity index (χ1n) is 6.63. The molecule has 3 rings (SSSR count). The molecule has 0 aliphatic rings. The number of carbonyl (C=O) groups excluding carboxylic acids is 1. The Kier molecular flexibility index (Phi) is 5.43. The summed E-state index contributed by atoms with van der Waals surface area (Å²) in [5.41, 5.74) is -1.14. The van der Waals surface area contributed by atoms with Crippen LogP contribution in [0.1, 0.15) is 10.4 Å². The Bertz CT molecular complexity index is 1050. The molecule has 25 heavy (non-hydrogen) atoms. The zero-order valence-electron chi connectivity index (χ0n) is 12.0. The third-order valence-electron chi connectivity index (χ3n) is 3.21. The molecule has 0 aliphatic heterocycles. The predicted molar refractivity (Wildman–Crippen MR) is 115 cm³/mol. The normalized spacial score (nSPS) is 10.8. The van der Waals surface area contributed by atoms with Crippen LogP contribution >= 0.6 is 67.8 Å². The molecular formula is C16H7I3O6. The van der Waals surface area contributed by atoms with Gasteiger partial charge in [-0.25, -0.2) is 9.59 Å². The van der Waals surface area contributed by atoms with Gasteiger partial charge in [0.1, 0.15) is 11.1 Å². The van der Waals surface area contributed by atoms with E-state index in [-0.39, 0.29) is 22.3 Å². The van der Waals surface area contributed by atoms with Crippen LogP contribution in [0.25, 0.3) is 11.0 Å². The summed E-state index contributed by atoms with van der Waals surface area (Å²) >= 11 is 6.25. The van der Waals surface area contributed by atoms with Crippen LogP contribution in [0, 0.1) is 10.7 Å². The summed E-state index contributed by atoms with van der Waals surface area (Å²) in [5.74, 6) is -1.31. The van der Waals surface area contributed by atoms with Gasteiger partial charge < -0.3 is 19.4 Å². The highest BCUT2D eigenvalue weighted by molar-refractivity contribution is 14.1. The van der Waals surface area contributed by atoms with Crippen LogP contribution in [-0.2, 0) is 0 Å². The van der Waals surface area contributed by atoms with Crippen LogP contribution < -0.4 is 10.4 Å². The lowest BCUT2D eigenvalue weighted by molar-refractivity contribution is 0.0727. The third kappa shape index (κ3) is 3.86. The monoisotopic (exact) mass is 676 g/mol. The number of rotatable bonds is 2. The molecule has 2 N–H and O–H groups in total. The van der Waals surface area contributed by atoms with Gasteiger partial charge in [-0.15, -0.1) is 0 Å². The molecule has 128 valence electrons. The molecule has 3 aromatic rings. The van der Waals surface area contributed by atoms with E-state index >= 15 is 0 Å². The number of phenols is 2. The average Bonchev–Trinajstić information content (AvgIpc) is 2.51. The van der Waals surface area contributed by atoms with Crippen molar-refractivity contribution in [2.45, 2.75) is 0 Å². The number of aromatic hydroxyl groups is 2. The summed E-state index contributed by atoms with van der Waals surface area (Å²) in [6, 6.07) is 7.25. The van der Waals surface area contributed by atoms with Crippen LogP contribution in [0.5, 0.6) is 17.2 Å². The average molecular weight is 676 g/mol. The highest BCUT2D eigenvalue weighted by Gasteiger charge is 2.20. The number of esters is 1. The first kappa shape index (κ1) is 18.7. The van der Waals surface area contributed by atoms with Crippen molar-refractivity contribution in [3.8, 4) is 17.2 Å². The SMILES string of the molecule is O=C(Oc1c(I)cc(I)cc1I)c1cc2cc(O)c(O)cc2oc1=O. The maximum absolute atomic E-state index is 12.4. The summed E-state index contributed by atoms with van der Waals surface area (Å²) in [5, 5.41) is 19.3. The van der Waals surface area contributed by atoms with Crippen molar-refractivity contribution in [1.82, 2.24) is 0 Å². The van der Waals surface area contributed by atoms with Crippen molar-refractivity contribution in [2.75, 3.05) is 0 Å². The molecule has 0 fully saturated rings. The van der Waals surface area contributed by atoms with Gasteiger partial charge in [0.25, 0.3) is 0 Å². The maximum Gasteiger partial charge on any atom is 0.351 e. The van der Waals surface area contributed by atoms with Crippen molar-refractivity contribution >= 4 is 84.7 Å². The molecule has 2 aromatic carbocycles. The van der Waals surface area contributed by atoms with E-state index in [1.165, 1.54) is 12.1 Å². The van der Waals surface area contributed by atoms with Gasteiger partial charge in [0.05, 0.1) is 7.14 Å². The van der Waals surface area contributed by atoms with Gasteiger partial charge in [0, 0.05) is 15.0 Å². The predicted octanol–water partition coefficient (Wildman–Crippen LogP) is 4.24. The molecule has 0 unspecified atom stereocenters. The highest BCUT2D eigenvalue weighted by atomic mass is 127. The highest BCUT2D eigenvalue weighted by Crippen LogP contribution is 2.31. The number of halogens is 3. The number of phenolic OH excluding ortho intramolecular Hbond substituents is 2. The van der Waals surface area contributed by atoms with E-state index in [0.29, 0.717) is 5.75 Å². The summed E-state index contributed by atoms with van der Waals surface area (Å²) in [6.45, 7) is 0. The van der Waals surface area contributed by atoms with E-state index in [1.807, 2.05) is 57.3 Å². The molecule has 0 bridgehead atoms. The molecule has 9 heteroatoms. The zero-order chi connectivity index (χ0) is 18.3. The Morgan fingerprint density at radius 2 is 1.56 bits per heavy atom. The fourth-order valence-corrected chi connectivity index (χ4v) is 5.86. The van der Waals surface area contributed by atoms with Gasteiger partial charge in [0.2, 0.25) is 0 Å². The van der Waals surface area contributed by atoms with Crippen LogP contribution in [0.2, 0.25) is 0 Å². The first-order chi connectivity index (χ1) is 11.8. The van der Waals surface area contributed by atoms with Crippen LogP contribution in [0.3, 0.4) is 0 Å². The fraction of sp³-hybridized carbons (Fsp3) is 0. The molecule has 0 aliphatic carbocycles. The molecule has 1 aromatic heterocycles. The van der Waals surface area contributed by atoms with Gasteiger partial charge in [-0.2, -0.15) is 0 Å². The number of carbonyl (C=O) groups is 1. The topological polar surface area (TPSA) is 97.0 Å². The van der Waals surface area contributed by atoms with E-state index in [9.17, 15) is 19.8 Å². The van der Waals surface area contributed by atoms with Gasteiger partial charge >= 0.3 is 11.6 Å². The number of benzene rings is 2. The first-order valence-corrected chi connectivity index (χ1v) is 9.86. The second-order valence-electron chi connectivity index (χ2n) is 4.91. The van der Waals surface area contributed by atoms with Crippen molar-refractivity contribution in [3.63, 3.8) is 0 Å². The van der Waals surface area contributed by atoms with E-state index in [2.05, 4.69) is 22.6 Å². The largest absolute Gasteiger partial charge is 0.504 e. The van der Waals surface area contributed by atoms with Crippen molar-refractivity contribution < 1.29 is 24.2 Å². The second kappa shape index (κ2) is 7.26. The Morgan fingerprint density at radius 1 is 0.960 bits per heavy atom. The minimum atomic E-state index is -0.891. The summed E-state index contributed by atoms with van der Waals surface area (Å²) in [7, 11) is 0.